The lowest BCUT2D eigenvalue weighted by Gasteiger charge is -2.05. The smallest absolute Gasteiger partial charge is 0.173 e. The Morgan fingerprint density at radius 1 is 1.25 bits per heavy atom. The topological polar surface area (TPSA) is 51.8 Å². The van der Waals surface area contributed by atoms with Crippen LogP contribution < -0.4 is 5.73 Å². The summed E-state index contributed by atoms with van der Waals surface area (Å²) in [6.45, 7) is 0. The molecule has 0 radical (unpaired) electrons. The molecule has 0 unspecified atom stereocenters. The predicted octanol–water partition coefficient (Wildman–Crippen LogP) is 3.12. The number of nitrogens with two attached hydrogens (primary N) is 1. The highest BCUT2D eigenvalue weighted by Crippen LogP contribution is 2.28. The molecule has 6 heteroatoms. The van der Waals surface area contributed by atoms with Crippen LogP contribution in [0.5, 0.6) is 0 Å². The van der Waals surface area contributed by atoms with Gasteiger partial charge in [0.25, 0.3) is 0 Å². The van der Waals surface area contributed by atoms with E-state index in [2.05, 4.69) is 32.6 Å². The molecular weight excluding hydrogens is 343 g/mol. The molecule has 2 aromatic rings. The highest BCUT2D eigenvalue weighted by atomic mass is 127. The molecule has 0 aliphatic rings. The molecule has 0 saturated heterocycles. The highest BCUT2D eigenvalue weighted by molar-refractivity contribution is 14.1. The number of anilines is 1. The van der Waals surface area contributed by atoms with Crippen LogP contribution >= 0.6 is 34.2 Å². The van der Waals surface area contributed by atoms with E-state index in [0.29, 0.717) is 5.56 Å². The fraction of sp³-hybridized carbons (Fsp3) is 0. The van der Waals surface area contributed by atoms with Gasteiger partial charge in [-0.1, -0.05) is 11.6 Å². The maximum atomic E-state index is 13.7. The average molecular weight is 350 g/mol. The molecule has 16 heavy (non-hydrogen) atoms. The third-order valence-electron chi connectivity index (χ3n) is 2.01. The quantitative estimate of drug-likeness (QED) is 0.636. The molecule has 0 atom stereocenters. The maximum Gasteiger partial charge on any atom is 0.173 e. The van der Waals surface area contributed by atoms with Gasteiger partial charge in [-0.3, -0.25) is 4.98 Å². The lowest BCUT2D eigenvalue weighted by molar-refractivity contribution is 0.630. The summed E-state index contributed by atoms with van der Waals surface area (Å²) in [5, 5.41) is 0.111. The van der Waals surface area contributed by atoms with Crippen molar-refractivity contribution in [1.82, 2.24) is 9.97 Å². The monoisotopic (exact) mass is 349 g/mol. The van der Waals surface area contributed by atoms with Gasteiger partial charge in [0, 0.05) is 18.0 Å². The Hall–Kier alpha value is -0.950. The van der Waals surface area contributed by atoms with Crippen LogP contribution in [0.1, 0.15) is 0 Å². The van der Waals surface area contributed by atoms with Crippen molar-refractivity contribution in [1.29, 1.82) is 0 Å². The highest BCUT2D eigenvalue weighted by Gasteiger charge is 2.12. The van der Waals surface area contributed by atoms with Crippen molar-refractivity contribution < 1.29 is 4.39 Å². The normalized spacial score (nSPS) is 10.4. The first-order chi connectivity index (χ1) is 7.59. The van der Waals surface area contributed by atoms with Crippen LogP contribution in [0.3, 0.4) is 0 Å². The van der Waals surface area contributed by atoms with Gasteiger partial charge in [-0.2, -0.15) is 0 Å². The van der Waals surface area contributed by atoms with Crippen LogP contribution in [0.4, 0.5) is 10.1 Å². The van der Waals surface area contributed by atoms with E-state index < -0.39 is 5.82 Å². The molecule has 0 amide bonds. The summed E-state index contributed by atoms with van der Waals surface area (Å²) < 4.78 is 14.6. The lowest BCUT2D eigenvalue weighted by Crippen LogP contribution is -1.98. The fourth-order valence-electron chi connectivity index (χ4n) is 1.20. The molecule has 0 aliphatic heterocycles. The second-order valence-corrected chi connectivity index (χ2v) is 4.56. The Morgan fingerprint density at radius 2 is 2.00 bits per heavy atom. The Kier molecular flexibility index (Phi) is 3.25. The van der Waals surface area contributed by atoms with Gasteiger partial charge in [-0.05, 0) is 34.7 Å². The molecule has 0 aliphatic carbocycles. The second kappa shape index (κ2) is 4.50. The van der Waals surface area contributed by atoms with Crippen molar-refractivity contribution in [2.24, 2.45) is 0 Å². The molecular formula is C10H6ClFIN3. The van der Waals surface area contributed by atoms with E-state index in [0.717, 1.165) is 3.70 Å². The van der Waals surface area contributed by atoms with E-state index in [4.69, 9.17) is 17.3 Å². The van der Waals surface area contributed by atoms with E-state index >= 15 is 0 Å². The van der Waals surface area contributed by atoms with E-state index in [1.54, 1.807) is 18.3 Å². The number of pyridine rings is 2. The van der Waals surface area contributed by atoms with E-state index in [-0.39, 0.29) is 16.4 Å². The van der Waals surface area contributed by atoms with Gasteiger partial charge < -0.3 is 5.73 Å². The molecule has 0 spiro atoms. The minimum absolute atomic E-state index is 0.0924. The first-order valence-electron chi connectivity index (χ1n) is 4.31. The van der Waals surface area contributed by atoms with Crippen molar-refractivity contribution in [3.05, 3.63) is 39.1 Å². The van der Waals surface area contributed by atoms with Crippen molar-refractivity contribution in [2.75, 3.05) is 5.73 Å². The largest absolute Gasteiger partial charge is 0.395 e. The molecule has 3 nitrogen and oxygen atoms in total. The number of aromatic nitrogens is 2. The van der Waals surface area contributed by atoms with Crippen LogP contribution in [0.2, 0.25) is 5.02 Å². The summed E-state index contributed by atoms with van der Waals surface area (Å²) >= 11 is 7.72. The van der Waals surface area contributed by atoms with Crippen LogP contribution in [0, 0.1) is 9.52 Å². The van der Waals surface area contributed by atoms with Gasteiger partial charge >= 0.3 is 0 Å². The minimum Gasteiger partial charge on any atom is -0.395 e. The van der Waals surface area contributed by atoms with Gasteiger partial charge in [0.2, 0.25) is 0 Å². The number of hydrogen-bond acceptors (Lipinski definition) is 3. The molecule has 0 saturated carbocycles. The Labute approximate surface area is 110 Å². The second-order valence-electron chi connectivity index (χ2n) is 3.05. The van der Waals surface area contributed by atoms with Crippen molar-refractivity contribution in [2.45, 2.75) is 0 Å². The lowest BCUT2D eigenvalue weighted by atomic mass is 10.2. The molecule has 2 aromatic heterocycles. The fourth-order valence-corrected chi connectivity index (χ4v) is 1.65. The van der Waals surface area contributed by atoms with Crippen LogP contribution in [0.25, 0.3) is 11.3 Å². The summed E-state index contributed by atoms with van der Waals surface area (Å²) in [5.74, 6) is -0.615. The number of halogens is 3. The SMILES string of the molecule is Nc1c(Cl)cnc(-c2ccc(I)nc2)c1F. The minimum atomic E-state index is -0.615. The number of nitrogen functional groups attached to an aromatic ring is 1. The molecule has 0 bridgehead atoms. The summed E-state index contributed by atoms with van der Waals surface area (Å²) in [6.07, 6.45) is 2.87. The van der Waals surface area contributed by atoms with Gasteiger partial charge in [0.1, 0.15) is 9.39 Å². The summed E-state index contributed by atoms with van der Waals surface area (Å²) in [4.78, 5) is 7.96. The molecule has 2 heterocycles. The summed E-state index contributed by atoms with van der Waals surface area (Å²) in [5.41, 5.74) is 6.12. The van der Waals surface area contributed by atoms with E-state index in [9.17, 15) is 4.39 Å². The molecule has 2 N–H and O–H groups in total. The van der Waals surface area contributed by atoms with Crippen molar-refractivity contribution in [3.63, 3.8) is 0 Å². The predicted molar refractivity (Wildman–Crippen MR) is 69.6 cm³/mol. The van der Waals surface area contributed by atoms with Crippen LogP contribution in [-0.2, 0) is 0 Å². The Bertz CT molecular complexity index is 530. The number of rotatable bonds is 1. The van der Waals surface area contributed by atoms with Gasteiger partial charge in [0.05, 0.1) is 10.7 Å². The maximum absolute atomic E-state index is 13.7. The summed E-state index contributed by atoms with van der Waals surface area (Å²) in [6, 6.07) is 3.50. The average Bonchev–Trinajstić information content (AvgIpc) is 2.28. The van der Waals surface area contributed by atoms with Crippen LogP contribution in [-0.4, -0.2) is 9.97 Å². The van der Waals surface area contributed by atoms with E-state index in [1.807, 2.05) is 0 Å². The van der Waals surface area contributed by atoms with Crippen molar-refractivity contribution >= 4 is 39.9 Å². The van der Waals surface area contributed by atoms with Crippen LogP contribution in [0.15, 0.2) is 24.5 Å². The first kappa shape index (κ1) is 11.5. The van der Waals surface area contributed by atoms with E-state index in [1.165, 1.54) is 6.20 Å². The summed E-state index contributed by atoms with van der Waals surface area (Å²) in [7, 11) is 0. The number of nitrogens with zero attached hydrogens (tertiary/aromatic N) is 2. The van der Waals surface area contributed by atoms with Gasteiger partial charge in [-0.25, -0.2) is 9.37 Å². The first-order valence-corrected chi connectivity index (χ1v) is 5.76. The van der Waals surface area contributed by atoms with Gasteiger partial charge in [-0.15, -0.1) is 0 Å². The molecule has 2 rings (SSSR count). The number of hydrogen-bond donors (Lipinski definition) is 1. The third kappa shape index (κ3) is 2.10. The molecule has 82 valence electrons. The Balaban J connectivity index is 2.57. The third-order valence-corrected chi connectivity index (χ3v) is 2.95. The van der Waals surface area contributed by atoms with Crippen molar-refractivity contribution in [3.8, 4) is 11.3 Å². The zero-order valence-electron chi connectivity index (χ0n) is 7.92. The molecule has 0 aromatic carbocycles. The Morgan fingerprint density at radius 3 is 2.62 bits per heavy atom. The zero-order valence-corrected chi connectivity index (χ0v) is 10.8. The zero-order chi connectivity index (χ0) is 11.7. The standard InChI is InChI=1S/C10H6ClFIN3/c11-6-4-16-10(8(12)9(6)14)5-1-2-7(13)15-3-5/h1-4H,(H2,14,16). The molecule has 0 fully saturated rings. The van der Waals surface area contributed by atoms with Gasteiger partial charge in [0.15, 0.2) is 5.82 Å².